The third kappa shape index (κ3) is 4.09. The summed E-state index contributed by atoms with van der Waals surface area (Å²) >= 11 is 3.32. The lowest BCUT2D eigenvalue weighted by Crippen LogP contribution is -2.27. The van der Waals surface area contributed by atoms with Crippen LogP contribution in [-0.4, -0.2) is 29.4 Å². The zero-order valence-corrected chi connectivity index (χ0v) is 15.1. The third-order valence-electron chi connectivity index (χ3n) is 3.70. The highest BCUT2D eigenvalue weighted by Gasteiger charge is 2.22. The lowest BCUT2D eigenvalue weighted by molar-refractivity contribution is -0.148. The van der Waals surface area contributed by atoms with Crippen molar-refractivity contribution < 1.29 is 19.1 Å². The molecule has 0 aliphatic heterocycles. The van der Waals surface area contributed by atoms with Gasteiger partial charge in [-0.15, -0.1) is 0 Å². The van der Waals surface area contributed by atoms with Crippen LogP contribution in [0.3, 0.4) is 0 Å². The van der Waals surface area contributed by atoms with Crippen LogP contribution >= 0.6 is 15.9 Å². The molecule has 0 aliphatic carbocycles. The van der Waals surface area contributed by atoms with E-state index < -0.39 is 12.1 Å². The summed E-state index contributed by atoms with van der Waals surface area (Å²) < 4.78 is 11.5. The number of hydrogen-bond donors (Lipinski definition) is 1. The summed E-state index contributed by atoms with van der Waals surface area (Å²) in [7, 11) is 0. The van der Waals surface area contributed by atoms with Gasteiger partial charge in [-0.2, -0.15) is 0 Å². The van der Waals surface area contributed by atoms with Gasteiger partial charge in [-0.05, 0) is 37.3 Å². The normalized spacial score (nSPS) is 11.9. The monoisotopic (exact) mass is 401 g/mol. The van der Waals surface area contributed by atoms with Crippen LogP contribution in [0, 0.1) is 0 Å². The zero-order chi connectivity index (χ0) is 17.8. The Hall–Kier alpha value is -2.60. The molecule has 3 aromatic rings. The predicted molar refractivity (Wildman–Crippen MR) is 97.8 cm³/mol. The number of hydrogen-bond acceptors (Lipinski definition) is 4. The van der Waals surface area contributed by atoms with Crippen LogP contribution < -0.4 is 4.74 Å². The molecule has 0 saturated carbocycles. The van der Waals surface area contributed by atoms with E-state index in [2.05, 4.69) is 20.9 Å². The number of H-pyrrole nitrogens is 1. The first kappa shape index (κ1) is 17.2. The van der Waals surface area contributed by atoms with Gasteiger partial charge in [-0.3, -0.25) is 4.79 Å². The molecule has 6 heteroatoms. The van der Waals surface area contributed by atoms with E-state index in [9.17, 15) is 9.59 Å². The molecule has 0 radical (unpaired) electrons. The second-order valence-corrected chi connectivity index (χ2v) is 6.40. The first-order valence-electron chi connectivity index (χ1n) is 7.73. The Morgan fingerprint density at radius 1 is 1.12 bits per heavy atom. The van der Waals surface area contributed by atoms with Crippen LogP contribution in [0.1, 0.15) is 17.3 Å². The van der Waals surface area contributed by atoms with Crippen LogP contribution in [-0.2, 0) is 9.53 Å². The quantitative estimate of drug-likeness (QED) is 0.498. The number of halogens is 1. The standard InChI is InChI=1S/C19H16BrNO4/c1-12(19(23)16-10-21-17-5-3-2-4-15(16)17)25-18(22)11-24-14-8-6-13(20)7-9-14/h2-10,12,21H,11H2,1H3/t12-/m1/s1. The van der Waals surface area contributed by atoms with Gasteiger partial charge in [-0.25, -0.2) is 4.79 Å². The lowest BCUT2D eigenvalue weighted by Gasteiger charge is -2.12. The van der Waals surface area contributed by atoms with Crippen molar-refractivity contribution in [2.24, 2.45) is 0 Å². The summed E-state index contributed by atoms with van der Waals surface area (Å²) in [5.41, 5.74) is 1.37. The van der Waals surface area contributed by atoms with Gasteiger partial charge in [0.15, 0.2) is 12.7 Å². The number of fused-ring (bicyclic) bond motifs is 1. The van der Waals surface area contributed by atoms with E-state index in [4.69, 9.17) is 9.47 Å². The number of rotatable bonds is 6. The summed E-state index contributed by atoms with van der Waals surface area (Å²) in [4.78, 5) is 27.5. The van der Waals surface area contributed by atoms with Gasteiger partial charge in [0.1, 0.15) is 5.75 Å². The molecule has 1 heterocycles. The van der Waals surface area contributed by atoms with E-state index in [1.54, 1.807) is 25.3 Å². The molecule has 0 fully saturated rings. The van der Waals surface area contributed by atoms with Gasteiger partial charge >= 0.3 is 5.97 Å². The molecule has 0 bridgehead atoms. The SMILES string of the molecule is C[C@@H](OC(=O)COc1ccc(Br)cc1)C(=O)c1c[nH]c2ccccc12. The van der Waals surface area contributed by atoms with E-state index >= 15 is 0 Å². The smallest absolute Gasteiger partial charge is 0.344 e. The highest BCUT2D eigenvalue weighted by Crippen LogP contribution is 2.20. The highest BCUT2D eigenvalue weighted by atomic mass is 79.9. The number of para-hydroxylation sites is 1. The molecule has 1 atom stereocenters. The van der Waals surface area contributed by atoms with E-state index in [0.29, 0.717) is 11.3 Å². The number of benzene rings is 2. The Bertz CT molecular complexity index is 901. The second kappa shape index (κ2) is 7.53. The topological polar surface area (TPSA) is 68.4 Å². The fraction of sp³-hybridized carbons (Fsp3) is 0.158. The van der Waals surface area contributed by atoms with E-state index in [0.717, 1.165) is 15.4 Å². The minimum atomic E-state index is -0.889. The molecule has 5 nitrogen and oxygen atoms in total. The summed E-state index contributed by atoms with van der Waals surface area (Å²) in [6.45, 7) is 1.30. The molecule has 0 unspecified atom stereocenters. The number of ketones is 1. The molecule has 0 saturated heterocycles. The van der Waals surface area contributed by atoms with Gasteiger partial charge in [0.25, 0.3) is 0 Å². The van der Waals surface area contributed by atoms with Crippen LogP contribution in [0.5, 0.6) is 5.75 Å². The Kier molecular flexibility index (Phi) is 5.19. The lowest BCUT2D eigenvalue weighted by atomic mass is 10.1. The van der Waals surface area contributed by atoms with Crippen molar-refractivity contribution in [2.75, 3.05) is 6.61 Å². The number of ether oxygens (including phenoxy) is 2. The van der Waals surface area contributed by atoms with Gasteiger partial charge in [0, 0.05) is 27.1 Å². The highest BCUT2D eigenvalue weighted by molar-refractivity contribution is 9.10. The average molecular weight is 402 g/mol. The molecule has 1 aromatic heterocycles. The Balaban J connectivity index is 1.59. The van der Waals surface area contributed by atoms with Crippen molar-refractivity contribution in [2.45, 2.75) is 13.0 Å². The zero-order valence-electron chi connectivity index (χ0n) is 13.5. The third-order valence-corrected chi connectivity index (χ3v) is 4.23. The predicted octanol–water partition coefficient (Wildman–Crippen LogP) is 4.12. The molecule has 2 aromatic carbocycles. The fourth-order valence-corrected chi connectivity index (χ4v) is 2.72. The second-order valence-electron chi connectivity index (χ2n) is 5.49. The molecule has 25 heavy (non-hydrogen) atoms. The van der Waals surface area contributed by atoms with Crippen LogP contribution in [0.25, 0.3) is 10.9 Å². The molecule has 0 amide bonds. The minimum absolute atomic E-state index is 0.255. The van der Waals surface area contributed by atoms with E-state index in [1.807, 2.05) is 36.4 Å². The largest absolute Gasteiger partial charge is 0.482 e. The van der Waals surface area contributed by atoms with E-state index in [1.165, 1.54) is 0 Å². The number of nitrogens with one attached hydrogen (secondary N) is 1. The van der Waals surface area contributed by atoms with Gasteiger partial charge in [0.2, 0.25) is 5.78 Å². The molecule has 3 rings (SSSR count). The molecular weight excluding hydrogens is 386 g/mol. The van der Waals surface area contributed by atoms with Gasteiger partial charge in [-0.1, -0.05) is 34.1 Å². The molecule has 1 N–H and O–H groups in total. The summed E-state index contributed by atoms with van der Waals surface area (Å²) in [5, 5.41) is 0.807. The number of aromatic amines is 1. The molecule has 128 valence electrons. The van der Waals surface area contributed by atoms with Gasteiger partial charge < -0.3 is 14.5 Å². The van der Waals surface area contributed by atoms with Gasteiger partial charge in [0.05, 0.1) is 0 Å². The minimum Gasteiger partial charge on any atom is -0.482 e. The Morgan fingerprint density at radius 2 is 1.84 bits per heavy atom. The summed E-state index contributed by atoms with van der Waals surface area (Å²) in [6.07, 6.45) is 0.746. The van der Waals surface area contributed by atoms with Crippen LogP contribution in [0.15, 0.2) is 59.2 Å². The summed E-state index contributed by atoms with van der Waals surface area (Å²) in [5.74, 6) is -0.297. The van der Waals surface area contributed by atoms with Crippen molar-refractivity contribution >= 4 is 38.6 Å². The number of carbonyl (C=O) groups is 2. The number of carbonyl (C=O) groups excluding carboxylic acids is 2. The summed E-state index contributed by atoms with van der Waals surface area (Å²) in [6, 6.07) is 14.6. The first-order valence-corrected chi connectivity index (χ1v) is 8.52. The maximum absolute atomic E-state index is 12.5. The molecule has 0 spiro atoms. The first-order chi connectivity index (χ1) is 12.0. The van der Waals surface area contributed by atoms with E-state index in [-0.39, 0.29) is 12.4 Å². The van der Waals surface area contributed by atoms with Crippen LogP contribution in [0.2, 0.25) is 0 Å². The number of aromatic nitrogens is 1. The number of esters is 1. The molecule has 0 aliphatic rings. The Morgan fingerprint density at radius 3 is 2.60 bits per heavy atom. The fourth-order valence-electron chi connectivity index (χ4n) is 2.45. The average Bonchev–Trinajstić information content (AvgIpc) is 3.04. The van der Waals surface area contributed by atoms with Crippen molar-refractivity contribution in [1.29, 1.82) is 0 Å². The maximum atomic E-state index is 12.5. The Labute approximate surface area is 153 Å². The van der Waals surface area contributed by atoms with Crippen LogP contribution in [0.4, 0.5) is 0 Å². The van der Waals surface area contributed by atoms with Crippen molar-refractivity contribution in [3.63, 3.8) is 0 Å². The van der Waals surface area contributed by atoms with Crippen molar-refractivity contribution in [3.8, 4) is 5.75 Å². The maximum Gasteiger partial charge on any atom is 0.344 e. The number of Topliss-reactive ketones (excluding diaryl/α,β-unsaturated/α-hetero) is 1. The van der Waals surface area contributed by atoms with Crippen molar-refractivity contribution in [1.82, 2.24) is 4.98 Å². The van der Waals surface area contributed by atoms with Crippen molar-refractivity contribution in [3.05, 3.63) is 64.8 Å². The molecular formula is C19H16BrNO4.